The molecular weight excluding hydrogens is 229 g/mol. The number of carbonyl (C=O) groups excluding carboxylic acids is 1. The van der Waals surface area contributed by atoms with Crippen molar-refractivity contribution in [3.05, 3.63) is 64.5 Å². The Balaban J connectivity index is 2.44. The molecule has 0 radical (unpaired) electrons. The van der Waals surface area contributed by atoms with Crippen LogP contribution >= 0.6 is 0 Å². The van der Waals surface area contributed by atoms with E-state index >= 15 is 0 Å². The van der Waals surface area contributed by atoms with E-state index in [-0.39, 0.29) is 11.6 Å². The maximum absolute atomic E-state index is 13.4. The van der Waals surface area contributed by atoms with Gasteiger partial charge in [-0.1, -0.05) is 12.1 Å². The smallest absolute Gasteiger partial charge is 0.193 e. The van der Waals surface area contributed by atoms with E-state index in [9.17, 15) is 9.18 Å². The van der Waals surface area contributed by atoms with E-state index in [0.717, 1.165) is 5.56 Å². The molecule has 0 bridgehead atoms. The van der Waals surface area contributed by atoms with Gasteiger partial charge in [0.25, 0.3) is 0 Å². The molecule has 0 aromatic heterocycles. The van der Waals surface area contributed by atoms with Gasteiger partial charge in [-0.25, -0.2) is 4.39 Å². The van der Waals surface area contributed by atoms with Gasteiger partial charge < -0.3 is 5.73 Å². The number of ketones is 1. The van der Waals surface area contributed by atoms with Gasteiger partial charge in [-0.05, 0) is 49.2 Å². The molecule has 92 valence electrons. The third-order valence-electron chi connectivity index (χ3n) is 2.93. The highest BCUT2D eigenvalue weighted by Gasteiger charge is 2.13. The van der Waals surface area contributed by atoms with Crippen molar-refractivity contribution < 1.29 is 9.18 Å². The van der Waals surface area contributed by atoms with Gasteiger partial charge in [-0.3, -0.25) is 4.79 Å². The fraction of sp³-hybridized carbons (Fsp3) is 0.133. The molecule has 0 atom stereocenters. The Morgan fingerprint density at radius 1 is 1.06 bits per heavy atom. The number of nitrogen functional groups attached to an aromatic ring is 1. The van der Waals surface area contributed by atoms with E-state index in [4.69, 9.17) is 5.73 Å². The molecule has 2 aromatic rings. The van der Waals surface area contributed by atoms with Gasteiger partial charge in [0.05, 0.1) is 0 Å². The number of rotatable bonds is 2. The minimum atomic E-state index is -0.367. The molecule has 0 spiro atoms. The summed E-state index contributed by atoms with van der Waals surface area (Å²) in [5.41, 5.74) is 8.47. The molecule has 2 N–H and O–H groups in total. The molecule has 2 aromatic carbocycles. The summed E-state index contributed by atoms with van der Waals surface area (Å²) in [6.07, 6.45) is 0. The average molecular weight is 243 g/mol. The zero-order valence-electron chi connectivity index (χ0n) is 10.3. The van der Waals surface area contributed by atoms with E-state index in [2.05, 4.69) is 0 Å². The first-order valence-electron chi connectivity index (χ1n) is 5.66. The second-order valence-electron chi connectivity index (χ2n) is 4.37. The lowest BCUT2D eigenvalue weighted by Gasteiger charge is -2.07. The van der Waals surface area contributed by atoms with Crippen molar-refractivity contribution in [2.45, 2.75) is 13.8 Å². The van der Waals surface area contributed by atoms with Gasteiger partial charge >= 0.3 is 0 Å². The summed E-state index contributed by atoms with van der Waals surface area (Å²) in [5, 5.41) is 0. The minimum Gasteiger partial charge on any atom is -0.399 e. The van der Waals surface area contributed by atoms with Crippen LogP contribution in [0.4, 0.5) is 10.1 Å². The van der Waals surface area contributed by atoms with Crippen LogP contribution in [-0.4, -0.2) is 5.78 Å². The van der Waals surface area contributed by atoms with Crippen molar-refractivity contribution >= 4 is 11.5 Å². The number of aryl methyl sites for hydroxylation is 2. The lowest BCUT2D eigenvalue weighted by atomic mass is 9.98. The molecule has 18 heavy (non-hydrogen) atoms. The number of carbonyl (C=O) groups is 1. The molecule has 0 aliphatic rings. The summed E-state index contributed by atoms with van der Waals surface area (Å²) in [6.45, 7) is 3.48. The van der Waals surface area contributed by atoms with Gasteiger partial charge in [-0.2, -0.15) is 0 Å². The van der Waals surface area contributed by atoms with Crippen molar-refractivity contribution in [1.82, 2.24) is 0 Å². The number of nitrogens with two attached hydrogens (primary N) is 1. The summed E-state index contributed by atoms with van der Waals surface area (Å²) < 4.78 is 13.4. The van der Waals surface area contributed by atoms with E-state index < -0.39 is 0 Å². The zero-order chi connectivity index (χ0) is 13.3. The number of halogens is 1. The van der Waals surface area contributed by atoms with Crippen molar-refractivity contribution in [3.8, 4) is 0 Å². The molecule has 0 unspecified atom stereocenters. The molecule has 0 aliphatic heterocycles. The number of benzene rings is 2. The molecule has 0 saturated heterocycles. The highest BCUT2D eigenvalue weighted by atomic mass is 19.1. The second kappa shape index (κ2) is 4.61. The van der Waals surface area contributed by atoms with Crippen molar-refractivity contribution in [3.63, 3.8) is 0 Å². The summed E-state index contributed by atoms with van der Waals surface area (Å²) >= 11 is 0. The van der Waals surface area contributed by atoms with Crippen molar-refractivity contribution in [2.24, 2.45) is 0 Å². The maximum Gasteiger partial charge on any atom is 0.193 e. The lowest BCUT2D eigenvalue weighted by molar-refractivity contribution is 0.103. The fourth-order valence-corrected chi connectivity index (χ4v) is 1.83. The van der Waals surface area contributed by atoms with Gasteiger partial charge in [-0.15, -0.1) is 0 Å². The zero-order valence-corrected chi connectivity index (χ0v) is 10.3. The van der Waals surface area contributed by atoms with E-state index in [1.807, 2.05) is 6.92 Å². The van der Waals surface area contributed by atoms with Crippen LogP contribution in [0.2, 0.25) is 0 Å². The largest absolute Gasteiger partial charge is 0.399 e. The summed E-state index contributed by atoms with van der Waals surface area (Å²) in [6, 6.07) is 9.59. The van der Waals surface area contributed by atoms with Crippen LogP contribution < -0.4 is 5.73 Å². The monoisotopic (exact) mass is 243 g/mol. The van der Waals surface area contributed by atoms with Gasteiger partial charge in [0, 0.05) is 16.8 Å². The van der Waals surface area contributed by atoms with Crippen LogP contribution in [0.15, 0.2) is 36.4 Å². The Morgan fingerprint density at radius 2 is 1.78 bits per heavy atom. The molecule has 0 aliphatic carbocycles. The lowest BCUT2D eigenvalue weighted by Crippen LogP contribution is -2.05. The van der Waals surface area contributed by atoms with E-state index in [0.29, 0.717) is 22.4 Å². The minimum absolute atomic E-state index is 0.189. The van der Waals surface area contributed by atoms with Crippen LogP contribution in [0, 0.1) is 19.7 Å². The van der Waals surface area contributed by atoms with E-state index in [1.165, 1.54) is 6.07 Å². The van der Waals surface area contributed by atoms with Crippen LogP contribution in [0.5, 0.6) is 0 Å². The SMILES string of the molecule is Cc1ccc(C(=O)c2ccc(N)cc2C)cc1F. The Hall–Kier alpha value is -2.16. The topological polar surface area (TPSA) is 43.1 Å². The van der Waals surface area contributed by atoms with Crippen molar-refractivity contribution in [2.75, 3.05) is 5.73 Å². The van der Waals surface area contributed by atoms with Gasteiger partial charge in [0.1, 0.15) is 5.82 Å². The average Bonchev–Trinajstić information content (AvgIpc) is 2.32. The Morgan fingerprint density at radius 3 is 2.39 bits per heavy atom. The molecule has 0 amide bonds. The van der Waals surface area contributed by atoms with Crippen LogP contribution in [-0.2, 0) is 0 Å². The molecule has 3 heteroatoms. The standard InChI is InChI=1S/C15H14FNO/c1-9-3-4-11(8-14(9)16)15(18)13-6-5-12(17)7-10(13)2/h3-8H,17H2,1-2H3. The fourth-order valence-electron chi connectivity index (χ4n) is 1.83. The van der Waals surface area contributed by atoms with Crippen molar-refractivity contribution in [1.29, 1.82) is 0 Å². The Labute approximate surface area is 105 Å². The molecule has 0 fully saturated rings. The molecule has 2 nitrogen and oxygen atoms in total. The molecule has 0 saturated carbocycles. The summed E-state index contributed by atoms with van der Waals surface area (Å²) in [5.74, 6) is -0.555. The first-order chi connectivity index (χ1) is 8.49. The normalized spacial score (nSPS) is 10.4. The molecule has 2 rings (SSSR count). The van der Waals surface area contributed by atoms with E-state index in [1.54, 1.807) is 37.3 Å². The molecular formula is C15H14FNO. The number of hydrogen-bond donors (Lipinski definition) is 1. The number of hydrogen-bond acceptors (Lipinski definition) is 2. The molecule has 0 heterocycles. The Bertz CT molecular complexity index is 620. The second-order valence-corrected chi connectivity index (χ2v) is 4.37. The third kappa shape index (κ3) is 2.25. The van der Waals surface area contributed by atoms with Gasteiger partial charge in [0.15, 0.2) is 5.78 Å². The highest BCUT2D eigenvalue weighted by Crippen LogP contribution is 2.18. The highest BCUT2D eigenvalue weighted by molar-refractivity contribution is 6.10. The summed E-state index contributed by atoms with van der Waals surface area (Å²) in [7, 11) is 0. The quantitative estimate of drug-likeness (QED) is 0.650. The predicted octanol–water partition coefficient (Wildman–Crippen LogP) is 3.26. The number of anilines is 1. The predicted molar refractivity (Wildman–Crippen MR) is 70.2 cm³/mol. The van der Waals surface area contributed by atoms with Crippen LogP contribution in [0.3, 0.4) is 0 Å². The van der Waals surface area contributed by atoms with Crippen LogP contribution in [0.25, 0.3) is 0 Å². The summed E-state index contributed by atoms with van der Waals surface area (Å²) in [4.78, 5) is 12.2. The van der Waals surface area contributed by atoms with Crippen LogP contribution in [0.1, 0.15) is 27.0 Å². The third-order valence-corrected chi connectivity index (χ3v) is 2.93. The first-order valence-corrected chi connectivity index (χ1v) is 5.66. The maximum atomic E-state index is 13.4. The van der Waals surface area contributed by atoms with Gasteiger partial charge in [0.2, 0.25) is 0 Å². The first kappa shape index (κ1) is 12.3. The Kier molecular flexibility index (Phi) is 3.15.